The molecular formula is C15H11BrClN3O3S. The highest BCUT2D eigenvalue weighted by Gasteiger charge is 2.19. The van der Waals surface area contributed by atoms with Crippen LogP contribution in [0.4, 0.5) is 5.69 Å². The predicted octanol–water partition coefficient (Wildman–Crippen LogP) is 4.09. The highest BCUT2D eigenvalue weighted by atomic mass is 79.9. The first-order valence-electron chi connectivity index (χ1n) is 6.71. The van der Waals surface area contributed by atoms with Crippen LogP contribution in [-0.2, 0) is 11.8 Å². The van der Waals surface area contributed by atoms with Crippen LogP contribution in [0.1, 0.15) is 20.2 Å². The second-order valence-electron chi connectivity index (χ2n) is 4.87. The lowest BCUT2D eigenvalue weighted by Crippen LogP contribution is -2.16. The number of thiophene rings is 1. The number of aromatic nitrogens is 2. The third kappa shape index (κ3) is 2.92. The number of rotatable bonds is 3. The molecule has 3 aromatic rings. The Morgan fingerprint density at radius 2 is 2.17 bits per heavy atom. The van der Waals surface area contributed by atoms with Crippen molar-refractivity contribution in [3.8, 4) is 0 Å². The van der Waals surface area contributed by atoms with Crippen molar-refractivity contribution >= 4 is 66.5 Å². The van der Waals surface area contributed by atoms with Gasteiger partial charge in [-0.2, -0.15) is 5.10 Å². The van der Waals surface area contributed by atoms with Crippen molar-refractivity contribution in [2.45, 2.75) is 0 Å². The molecule has 0 fully saturated rings. The predicted molar refractivity (Wildman–Crippen MR) is 97.0 cm³/mol. The molecule has 24 heavy (non-hydrogen) atoms. The summed E-state index contributed by atoms with van der Waals surface area (Å²) in [6.07, 6.45) is 1.56. The smallest absolute Gasteiger partial charge is 0.349 e. The number of carbonyl (C=O) groups excluding carboxylic acids is 2. The number of nitrogens with zero attached hydrogens (tertiary/aromatic N) is 2. The Kier molecular flexibility index (Phi) is 4.62. The van der Waals surface area contributed by atoms with Crippen molar-refractivity contribution in [3.05, 3.63) is 44.5 Å². The first kappa shape index (κ1) is 16.9. The Hall–Kier alpha value is -1.90. The van der Waals surface area contributed by atoms with Crippen LogP contribution in [-0.4, -0.2) is 28.8 Å². The molecule has 0 aliphatic rings. The third-order valence-electron chi connectivity index (χ3n) is 3.37. The first-order chi connectivity index (χ1) is 11.4. The van der Waals surface area contributed by atoms with E-state index in [0.29, 0.717) is 25.8 Å². The summed E-state index contributed by atoms with van der Waals surface area (Å²) in [6, 6.07) is 5.25. The second-order valence-corrected chi connectivity index (χ2v) is 7.15. The van der Waals surface area contributed by atoms with E-state index in [4.69, 9.17) is 16.3 Å². The van der Waals surface area contributed by atoms with Gasteiger partial charge in [0.05, 0.1) is 22.8 Å². The highest BCUT2D eigenvalue weighted by molar-refractivity contribution is 9.10. The van der Waals surface area contributed by atoms with E-state index in [1.54, 1.807) is 31.4 Å². The maximum absolute atomic E-state index is 12.4. The quantitative estimate of drug-likeness (QED) is 0.638. The summed E-state index contributed by atoms with van der Waals surface area (Å²) in [4.78, 5) is 24.4. The van der Waals surface area contributed by atoms with Gasteiger partial charge >= 0.3 is 5.97 Å². The summed E-state index contributed by atoms with van der Waals surface area (Å²) in [5, 5.41) is 7.92. The lowest BCUT2D eigenvalue weighted by Gasteiger charge is -2.06. The Balaban J connectivity index is 1.94. The molecule has 0 unspecified atom stereocenters. The van der Waals surface area contributed by atoms with E-state index in [9.17, 15) is 9.59 Å². The SMILES string of the molecule is COC(=O)c1sc2cc(NC(=O)c3c(Br)cnn3C)ccc2c1Cl. The van der Waals surface area contributed by atoms with Gasteiger partial charge < -0.3 is 10.1 Å². The Bertz CT molecular complexity index is 947. The summed E-state index contributed by atoms with van der Waals surface area (Å²) in [5.41, 5.74) is 1.00. The zero-order valence-electron chi connectivity index (χ0n) is 12.6. The van der Waals surface area contributed by atoms with E-state index >= 15 is 0 Å². The van der Waals surface area contributed by atoms with Gasteiger partial charge in [-0.15, -0.1) is 11.3 Å². The normalized spacial score (nSPS) is 10.8. The number of methoxy groups -OCH3 is 1. The van der Waals surface area contributed by atoms with Gasteiger partial charge in [-0.05, 0) is 34.1 Å². The summed E-state index contributed by atoms with van der Waals surface area (Å²) < 4.78 is 7.59. The third-order valence-corrected chi connectivity index (χ3v) is 5.58. The standard InChI is InChI=1S/C15H11BrClN3O3S/c1-20-12(9(16)6-18-20)14(21)19-7-3-4-8-10(5-7)24-13(11(8)17)15(22)23-2/h3-6H,1-2H3,(H,19,21). The van der Waals surface area contributed by atoms with Gasteiger partial charge in [0.15, 0.2) is 0 Å². The summed E-state index contributed by atoms with van der Waals surface area (Å²) in [5.74, 6) is -0.775. The average Bonchev–Trinajstić information content (AvgIpc) is 3.06. The van der Waals surface area contributed by atoms with E-state index < -0.39 is 5.97 Å². The fourth-order valence-corrected chi connectivity index (χ4v) is 4.22. The number of nitrogens with one attached hydrogen (secondary N) is 1. The van der Waals surface area contributed by atoms with Crippen LogP contribution in [0, 0.1) is 0 Å². The number of halogens is 2. The Labute approximate surface area is 154 Å². The summed E-state index contributed by atoms with van der Waals surface area (Å²) in [6.45, 7) is 0. The van der Waals surface area contributed by atoms with Gasteiger partial charge in [0.25, 0.3) is 5.91 Å². The fourth-order valence-electron chi connectivity index (χ4n) is 2.22. The molecule has 2 heterocycles. The molecule has 0 spiro atoms. The van der Waals surface area contributed by atoms with Crippen molar-refractivity contribution in [2.24, 2.45) is 7.05 Å². The van der Waals surface area contributed by atoms with Gasteiger partial charge in [0.1, 0.15) is 10.6 Å². The molecule has 0 aliphatic carbocycles. The number of aryl methyl sites for hydroxylation is 1. The van der Waals surface area contributed by atoms with Crippen LogP contribution >= 0.6 is 38.9 Å². The van der Waals surface area contributed by atoms with Crippen molar-refractivity contribution < 1.29 is 14.3 Å². The van der Waals surface area contributed by atoms with E-state index in [1.807, 2.05) is 0 Å². The number of hydrogen-bond donors (Lipinski definition) is 1. The molecule has 3 rings (SSSR count). The minimum absolute atomic E-state index is 0.294. The molecular weight excluding hydrogens is 418 g/mol. The summed E-state index contributed by atoms with van der Waals surface area (Å²) >= 11 is 10.7. The van der Waals surface area contributed by atoms with Crippen LogP contribution in [0.5, 0.6) is 0 Å². The number of carbonyl (C=O) groups is 2. The van der Waals surface area contributed by atoms with Gasteiger partial charge in [-0.3, -0.25) is 9.48 Å². The van der Waals surface area contributed by atoms with Gasteiger partial charge in [-0.25, -0.2) is 4.79 Å². The molecule has 1 aromatic carbocycles. The van der Waals surface area contributed by atoms with Crippen molar-refractivity contribution in [1.29, 1.82) is 0 Å². The molecule has 2 aromatic heterocycles. The van der Waals surface area contributed by atoms with Crippen LogP contribution in [0.2, 0.25) is 5.02 Å². The number of ether oxygens (including phenoxy) is 1. The Morgan fingerprint density at radius 1 is 1.42 bits per heavy atom. The number of anilines is 1. The fraction of sp³-hybridized carbons (Fsp3) is 0.133. The topological polar surface area (TPSA) is 73.2 Å². The molecule has 0 radical (unpaired) electrons. The van der Waals surface area contributed by atoms with Crippen LogP contribution in [0.15, 0.2) is 28.9 Å². The van der Waals surface area contributed by atoms with E-state index in [-0.39, 0.29) is 5.91 Å². The number of hydrogen-bond acceptors (Lipinski definition) is 5. The van der Waals surface area contributed by atoms with E-state index in [2.05, 4.69) is 26.3 Å². The number of amides is 1. The molecule has 9 heteroatoms. The molecule has 1 N–H and O–H groups in total. The molecule has 6 nitrogen and oxygen atoms in total. The highest BCUT2D eigenvalue weighted by Crippen LogP contribution is 2.37. The molecule has 124 valence electrons. The molecule has 0 saturated heterocycles. The monoisotopic (exact) mass is 427 g/mol. The lowest BCUT2D eigenvalue weighted by molar-refractivity contribution is 0.0606. The van der Waals surface area contributed by atoms with E-state index in [1.165, 1.54) is 23.1 Å². The van der Waals surface area contributed by atoms with Crippen molar-refractivity contribution in [1.82, 2.24) is 9.78 Å². The van der Waals surface area contributed by atoms with Gasteiger partial charge in [0, 0.05) is 22.8 Å². The van der Waals surface area contributed by atoms with Crippen molar-refractivity contribution in [2.75, 3.05) is 12.4 Å². The number of benzene rings is 1. The van der Waals surface area contributed by atoms with Crippen LogP contribution in [0.25, 0.3) is 10.1 Å². The average molecular weight is 429 g/mol. The Morgan fingerprint density at radius 3 is 2.79 bits per heavy atom. The summed E-state index contributed by atoms with van der Waals surface area (Å²) in [7, 11) is 2.99. The number of esters is 1. The van der Waals surface area contributed by atoms with E-state index in [0.717, 1.165) is 10.1 Å². The largest absolute Gasteiger partial charge is 0.465 e. The number of fused-ring (bicyclic) bond motifs is 1. The minimum Gasteiger partial charge on any atom is -0.465 e. The zero-order valence-corrected chi connectivity index (χ0v) is 15.8. The van der Waals surface area contributed by atoms with Gasteiger partial charge in [-0.1, -0.05) is 11.6 Å². The first-order valence-corrected chi connectivity index (χ1v) is 8.70. The molecule has 0 aliphatic heterocycles. The zero-order chi connectivity index (χ0) is 17.4. The lowest BCUT2D eigenvalue weighted by atomic mass is 10.2. The van der Waals surface area contributed by atoms with Crippen LogP contribution < -0.4 is 5.32 Å². The minimum atomic E-state index is -0.481. The van der Waals surface area contributed by atoms with Crippen molar-refractivity contribution in [3.63, 3.8) is 0 Å². The maximum atomic E-state index is 12.4. The van der Waals surface area contributed by atoms with Crippen LogP contribution in [0.3, 0.4) is 0 Å². The maximum Gasteiger partial charge on any atom is 0.349 e. The van der Waals surface area contributed by atoms with Gasteiger partial charge in [0.2, 0.25) is 0 Å². The second kappa shape index (κ2) is 6.54. The molecule has 0 atom stereocenters. The molecule has 0 saturated carbocycles. The molecule has 1 amide bonds. The molecule has 0 bridgehead atoms.